The van der Waals surface area contributed by atoms with Gasteiger partial charge in [-0.25, -0.2) is 0 Å². The lowest BCUT2D eigenvalue weighted by Gasteiger charge is -1.97. The molecule has 1 aromatic heterocycles. The van der Waals surface area contributed by atoms with Crippen LogP contribution in [0.15, 0.2) is 34.7 Å². The lowest BCUT2D eigenvalue weighted by molar-refractivity contribution is 0.524. The smallest absolute Gasteiger partial charge is 0.134 e. The fourth-order valence-electron chi connectivity index (χ4n) is 2.06. The Balaban J connectivity index is 1.85. The standard InChI is InChI=1S/C15H20O/c1-2-3-4-5-6-10-14-12-13-9-7-8-11-15(13)16-14/h7-9,11-12H,2-6,10H2,1H3. The summed E-state index contributed by atoms with van der Waals surface area (Å²) in [7, 11) is 0. The van der Waals surface area contributed by atoms with Crippen LogP contribution in [-0.2, 0) is 6.42 Å². The van der Waals surface area contributed by atoms with E-state index in [2.05, 4.69) is 25.1 Å². The predicted molar refractivity (Wildman–Crippen MR) is 68.7 cm³/mol. The average Bonchev–Trinajstić information content (AvgIpc) is 2.71. The molecule has 16 heavy (non-hydrogen) atoms. The molecule has 0 aliphatic heterocycles. The van der Waals surface area contributed by atoms with Crippen molar-refractivity contribution >= 4 is 11.0 Å². The summed E-state index contributed by atoms with van der Waals surface area (Å²) in [6.07, 6.45) is 7.69. The maximum Gasteiger partial charge on any atom is 0.134 e. The van der Waals surface area contributed by atoms with Crippen molar-refractivity contribution in [3.63, 3.8) is 0 Å². The molecule has 0 saturated carbocycles. The minimum Gasteiger partial charge on any atom is -0.461 e. The Bertz CT molecular complexity index is 395. The lowest BCUT2D eigenvalue weighted by Crippen LogP contribution is -1.82. The highest BCUT2D eigenvalue weighted by molar-refractivity contribution is 5.77. The number of unbranched alkanes of at least 4 members (excludes halogenated alkanes) is 4. The van der Waals surface area contributed by atoms with Gasteiger partial charge in [0.25, 0.3) is 0 Å². The van der Waals surface area contributed by atoms with Gasteiger partial charge in [-0.05, 0) is 18.6 Å². The van der Waals surface area contributed by atoms with E-state index < -0.39 is 0 Å². The Labute approximate surface area is 97.5 Å². The van der Waals surface area contributed by atoms with Crippen molar-refractivity contribution in [2.75, 3.05) is 0 Å². The van der Waals surface area contributed by atoms with E-state index in [0.717, 1.165) is 17.8 Å². The summed E-state index contributed by atoms with van der Waals surface area (Å²) < 4.78 is 5.77. The van der Waals surface area contributed by atoms with E-state index in [1.807, 2.05) is 12.1 Å². The second kappa shape index (κ2) is 5.74. The van der Waals surface area contributed by atoms with Crippen LogP contribution in [0, 0.1) is 0 Å². The quantitative estimate of drug-likeness (QED) is 0.623. The lowest BCUT2D eigenvalue weighted by atomic mass is 10.1. The summed E-state index contributed by atoms with van der Waals surface area (Å²) >= 11 is 0. The van der Waals surface area contributed by atoms with Gasteiger partial charge in [-0.15, -0.1) is 0 Å². The first-order chi connectivity index (χ1) is 7.90. The van der Waals surface area contributed by atoms with Gasteiger partial charge in [-0.3, -0.25) is 0 Å². The summed E-state index contributed by atoms with van der Waals surface area (Å²) in [6, 6.07) is 10.4. The fraction of sp³-hybridized carbons (Fsp3) is 0.467. The maximum atomic E-state index is 5.77. The van der Waals surface area contributed by atoms with Crippen LogP contribution >= 0.6 is 0 Å². The van der Waals surface area contributed by atoms with Crippen LogP contribution in [0.4, 0.5) is 0 Å². The Hall–Kier alpha value is -1.24. The molecule has 2 aromatic rings. The minimum absolute atomic E-state index is 1.02. The van der Waals surface area contributed by atoms with Crippen LogP contribution in [0.5, 0.6) is 0 Å². The Morgan fingerprint density at radius 3 is 2.62 bits per heavy atom. The summed E-state index contributed by atoms with van der Waals surface area (Å²) in [4.78, 5) is 0. The van der Waals surface area contributed by atoms with Gasteiger partial charge in [0.1, 0.15) is 11.3 Å². The highest BCUT2D eigenvalue weighted by atomic mass is 16.3. The zero-order valence-corrected chi connectivity index (χ0v) is 10.0. The first-order valence-electron chi connectivity index (χ1n) is 6.37. The van der Waals surface area contributed by atoms with Gasteiger partial charge in [-0.2, -0.15) is 0 Å². The van der Waals surface area contributed by atoms with E-state index in [4.69, 9.17) is 4.42 Å². The number of hydrogen-bond acceptors (Lipinski definition) is 1. The predicted octanol–water partition coefficient (Wildman–Crippen LogP) is 4.95. The van der Waals surface area contributed by atoms with Gasteiger partial charge < -0.3 is 4.42 Å². The van der Waals surface area contributed by atoms with Crippen LogP contribution in [-0.4, -0.2) is 0 Å². The molecule has 0 aliphatic carbocycles. The van der Waals surface area contributed by atoms with E-state index in [1.165, 1.54) is 37.5 Å². The minimum atomic E-state index is 1.02. The average molecular weight is 216 g/mol. The van der Waals surface area contributed by atoms with E-state index in [0.29, 0.717) is 0 Å². The molecule has 1 aromatic carbocycles. The first kappa shape index (κ1) is 11.3. The molecule has 1 nitrogen and oxygen atoms in total. The number of rotatable bonds is 6. The van der Waals surface area contributed by atoms with Crippen LogP contribution in [0.1, 0.15) is 44.8 Å². The van der Waals surface area contributed by atoms with Gasteiger partial charge in [0.15, 0.2) is 0 Å². The topological polar surface area (TPSA) is 13.1 Å². The molecule has 0 aliphatic rings. The third-order valence-corrected chi connectivity index (χ3v) is 3.00. The highest BCUT2D eigenvalue weighted by Crippen LogP contribution is 2.20. The SMILES string of the molecule is CCCCCCCc1cc2ccccc2o1. The molecular weight excluding hydrogens is 196 g/mol. The van der Waals surface area contributed by atoms with Crippen molar-refractivity contribution in [2.45, 2.75) is 45.4 Å². The van der Waals surface area contributed by atoms with Crippen molar-refractivity contribution in [3.8, 4) is 0 Å². The zero-order valence-electron chi connectivity index (χ0n) is 10.0. The van der Waals surface area contributed by atoms with Crippen molar-refractivity contribution < 1.29 is 4.42 Å². The molecule has 2 rings (SSSR count). The van der Waals surface area contributed by atoms with Crippen molar-refractivity contribution in [1.29, 1.82) is 0 Å². The van der Waals surface area contributed by atoms with Crippen molar-refractivity contribution in [1.82, 2.24) is 0 Å². The second-order valence-electron chi connectivity index (χ2n) is 4.41. The summed E-state index contributed by atoms with van der Waals surface area (Å²) in [5.41, 5.74) is 1.02. The van der Waals surface area contributed by atoms with Crippen LogP contribution in [0.25, 0.3) is 11.0 Å². The van der Waals surface area contributed by atoms with Crippen LogP contribution < -0.4 is 0 Å². The van der Waals surface area contributed by atoms with Gasteiger partial charge in [0.05, 0.1) is 0 Å². The second-order valence-corrected chi connectivity index (χ2v) is 4.41. The monoisotopic (exact) mass is 216 g/mol. The number of benzene rings is 1. The highest BCUT2D eigenvalue weighted by Gasteiger charge is 2.02. The number of hydrogen-bond donors (Lipinski definition) is 0. The fourth-order valence-corrected chi connectivity index (χ4v) is 2.06. The maximum absolute atomic E-state index is 5.77. The molecule has 1 heteroatoms. The number of fused-ring (bicyclic) bond motifs is 1. The Morgan fingerprint density at radius 1 is 1.00 bits per heavy atom. The molecular formula is C15H20O. The molecule has 0 bridgehead atoms. The molecule has 0 N–H and O–H groups in total. The Morgan fingerprint density at radius 2 is 1.81 bits per heavy atom. The molecule has 0 spiro atoms. The molecule has 0 unspecified atom stereocenters. The van der Waals surface area contributed by atoms with Gasteiger partial charge in [0, 0.05) is 11.8 Å². The summed E-state index contributed by atoms with van der Waals surface area (Å²) in [6.45, 7) is 2.25. The summed E-state index contributed by atoms with van der Waals surface area (Å²) in [5, 5.41) is 1.23. The van der Waals surface area contributed by atoms with Gasteiger partial charge in [-0.1, -0.05) is 50.8 Å². The van der Waals surface area contributed by atoms with Gasteiger partial charge >= 0.3 is 0 Å². The van der Waals surface area contributed by atoms with Crippen LogP contribution in [0.2, 0.25) is 0 Å². The molecule has 0 radical (unpaired) electrons. The third-order valence-electron chi connectivity index (χ3n) is 3.00. The number of furan rings is 1. The molecule has 1 heterocycles. The van der Waals surface area contributed by atoms with Crippen molar-refractivity contribution in [3.05, 3.63) is 36.1 Å². The molecule has 0 fully saturated rings. The largest absolute Gasteiger partial charge is 0.461 e. The number of para-hydroxylation sites is 1. The molecule has 0 atom stereocenters. The number of aryl methyl sites for hydroxylation is 1. The van der Waals surface area contributed by atoms with Crippen molar-refractivity contribution in [2.24, 2.45) is 0 Å². The van der Waals surface area contributed by atoms with E-state index >= 15 is 0 Å². The van der Waals surface area contributed by atoms with E-state index in [1.54, 1.807) is 0 Å². The molecule has 0 saturated heterocycles. The Kier molecular flexibility index (Phi) is 4.03. The summed E-state index contributed by atoms with van der Waals surface area (Å²) in [5.74, 6) is 1.14. The van der Waals surface area contributed by atoms with E-state index in [-0.39, 0.29) is 0 Å². The van der Waals surface area contributed by atoms with Crippen LogP contribution in [0.3, 0.4) is 0 Å². The first-order valence-corrected chi connectivity index (χ1v) is 6.37. The molecule has 0 amide bonds. The van der Waals surface area contributed by atoms with Gasteiger partial charge in [0.2, 0.25) is 0 Å². The normalized spacial score (nSPS) is 11.1. The van der Waals surface area contributed by atoms with E-state index in [9.17, 15) is 0 Å². The molecule has 86 valence electrons. The zero-order chi connectivity index (χ0) is 11.2. The third kappa shape index (κ3) is 2.88.